The van der Waals surface area contributed by atoms with Gasteiger partial charge in [0.1, 0.15) is 5.69 Å². The van der Waals surface area contributed by atoms with Crippen molar-refractivity contribution in [3.05, 3.63) is 95.4 Å². The zero-order valence-corrected chi connectivity index (χ0v) is 18.0. The van der Waals surface area contributed by atoms with E-state index in [-0.39, 0.29) is 4.90 Å². The van der Waals surface area contributed by atoms with Crippen LogP contribution in [0.15, 0.2) is 82.1 Å². The maximum atomic E-state index is 11.8. The molecule has 1 aromatic heterocycles. The number of nitrogens with zero attached hydrogens (tertiary/aromatic N) is 1. The zero-order chi connectivity index (χ0) is 21.3. The number of sulfone groups is 1. The molecule has 0 aliphatic carbocycles. The first-order valence-electron chi connectivity index (χ1n) is 9.72. The van der Waals surface area contributed by atoms with Gasteiger partial charge in [-0.15, -0.1) is 0 Å². The summed E-state index contributed by atoms with van der Waals surface area (Å²) >= 11 is 0. The van der Waals surface area contributed by atoms with Crippen LogP contribution in [-0.4, -0.2) is 19.7 Å². The molecule has 3 aromatic carbocycles. The number of hydrogen-bond acceptors (Lipinski definition) is 4. The van der Waals surface area contributed by atoms with Crippen LogP contribution in [0.25, 0.3) is 22.6 Å². The average molecular weight is 418 g/mol. The van der Waals surface area contributed by atoms with Crippen LogP contribution in [0, 0.1) is 13.8 Å². The van der Waals surface area contributed by atoms with Crippen molar-refractivity contribution in [1.82, 2.24) is 4.98 Å². The molecule has 0 unspecified atom stereocenters. The quantitative estimate of drug-likeness (QED) is 0.423. The molecule has 5 heteroatoms. The topological polar surface area (TPSA) is 60.2 Å². The Hall–Kier alpha value is -3.18. The lowest BCUT2D eigenvalue weighted by atomic mass is 10.0. The minimum atomic E-state index is -3.26. The van der Waals surface area contributed by atoms with E-state index in [1.54, 1.807) is 24.3 Å². The Kier molecular flexibility index (Phi) is 5.31. The summed E-state index contributed by atoms with van der Waals surface area (Å²) in [7, 11) is -3.26. The van der Waals surface area contributed by atoms with Gasteiger partial charge < -0.3 is 4.42 Å². The Labute approximate surface area is 177 Å². The molecule has 1 heterocycles. The highest BCUT2D eigenvalue weighted by atomic mass is 32.2. The van der Waals surface area contributed by atoms with Gasteiger partial charge in [0.2, 0.25) is 0 Å². The lowest BCUT2D eigenvalue weighted by Gasteiger charge is -2.05. The highest BCUT2D eigenvalue weighted by Gasteiger charge is 2.18. The molecule has 0 amide bonds. The Balaban J connectivity index is 1.83. The largest absolute Gasteiger partial charge is 0.440 e. The fraction of sp³-hybridized carbons (Fsp3) is 0.160. The second-order valence-corrected chi connectivity index (χ2v) is 9.64. The summed E-state index contributed by atoms with van der Waals surface area (Å²) in [6, 6.07) is 23.1. The normalized spacial score (nSPS) is 11.6. The van der Waals surface area contributed by atoms with E-state index in [0.717, 1.165) is 33.5 Å². The Bertz CT molecular complexity index is 1270. The summed E-state index contributed by atoms with van der Waals surface area (Å²) in [5.74, 6) is 1.27. The molecule has 4 rings (SSSR count). The van der Waals surface area contributed by atoms with E-state index < -0.39 is 9.84 Å². The van der Waals surface area contributed by atoms with Gasteiger partial charge in [-0.3, -0.25) is 0 Å². The summed E-state index contributed by atoms with van der Waals surface area (Å²) in [4.78, 5) is 5.10. The molecule has 0 saturated heterocycles. The molecule has 4 nitrogen and oxygen atoms in total. The van der Waals surface area contributed by atoms with Gasteiger partial charge in [-0.1, -0.05) is 47.5 Å². The van der Waals surface area contributed by atoms with Crippen LogP contribution in [-0.2, 0) is 16.3 Å². The number of oxazole rings is 1. The van der Waals surface area contributed by atoms with E-state index in [4.69, 9.17) is 9.40 Å². The summed E-state index contributed by atoms with van der Waals surface area (Å²) in [5, 5.41) is 0. The van der Waals surface area contributed by atoms with Gasteiger partial charge in [0.05, 0.1) is 4.90 Å². The minimum Gasteiger partial charge on any atom is -0.440 e. The molecule has 0 saturated carbocycles. The summed E-state index contributed by atoms with van der Waals surface area (Å²) in [6.45, 7) is 4.12. The average Bonchev–Trinajstić information content (AvgIpc) is 3.11. The van der Waals surface area contributed by atoms with Crippen LogP contribution >= 0.6 is 0 Å². The maximum Gasteiger partial charge on any atom is 0.199 e. The predicted octanol–water partition coefficient (Wildman–Crippen LogP) is 5.62. The van der Waals surface area contributed by atoms with Crippen LogP contribution in [0.1, 0.15) is 22.6 Å². The minimum absolute atomic E-state index is 0.281. The number of aromatic nitrogens is 1. The van der Waals surface area contributed by atoms with Crippen molar-refractivity contribution in [3.63, 3.8) is 0 Å². The molecule has 4 aromatic rings. The van der Waals surface area contributed by atoms with E-state index in [0.29, 0.717) is 18.1 Å². The molecule has 0 aliphatic heterocycles. The van der Waals surface area contributed by atoms with Crippen LogP contribution in [0.4, 0.5) is 0 Å². The van der Waals surface area contributed by atoms with Gasteiger partial charge in [0.15, 0.2) is 21.5 Å². The van der Waals surface area contributed by atoms with Crippen molar-refractivity contribution in [1.29, 1.82) is 0 Å². The first kappa shape index (κ1) is 20.1. The SMILES string of the molecule is Cc1cc(C)cc(-c2nc(Cc3ccccc3)oc2-c2ccc(S(C)(=O)=O)cc2)c1. The van der Waals surface area contributed by atoms with Crippen molar-refractivity contribution in [2.45, 2.75) is 25.2 Å². The summed E-state index contributed by atoms with van der Waals surface area (Å²) < 4.78 is 29.8. The molecule has 0 fully saturated rings. The molecule has 0 N–H and O–H groups in total. The van der Waals surface area contributed by atoms with Crippen molar-refractivity contribution in [2.24, 2.45) is 0 Å². The Morgan fingerprint density at radius 2 is 1.47 bits per heavy atom. The molecule has 0 spiro atoms. The predicted molar refractivity (Wildman–Crippen MR) is 119 cm³/mol. The number of aryl methyl sites for hydroxylation is 2. The molecular formula is C25H23NO3S. The van der Waals surface area contributed by atoms with Crippen molar-refractivity contribution in [2.75, 3.05) is 6.26 Å². The van der Waals surface area contributed by atoms with Gasteiger partial charge in [0, 0.05) is 23.8 Å². The van der Waals surface area contributed by atoms with Crippen LogP contribution < -0.4 is 0 Å². The lowest BCUT2D eigenvalue weighted by molar-refractivity contribution is 0.519. The first-order chi connectivity index (χ1) is 14.3. The first-order valence-corrected chi connectivity index (χ1v) is 11.6. The van der Waals surface area contributed by atoms with Crippen molar-refractivity contribution < 1.29 is 12.8 Å². The summed E-state index contributed by atoms with van der Waals surface area (Å²) in [5.41, 5.74) is 5.96. The molecule has 0 radical (unpaired) electrons. The second kappa shape index (κ2) is 7.92. The standard InChI is InChI=1S/C25H23NO3S/c1-17-13-18(2)15-21(14-17)24-25(20-9-11-22(12-10-20)30(3,27)28)29-23(26-24)16-19-7-5-4-6-8-19/h4-15H,16H2,1-3H3. The Morgan fingerprint density at radius 1 is 0.833 bits per heavy atom. The molecule has 0 atom stereocenters. The molecular weight excluding hydrogens is 394 g/mol. The molecule has 152 valence electrons. The number of rotatable bonds is 5. The highest BCUT2D eigenvalue weighted by molar-refractivity contribution is 7.90. The fourth-order valence-electron chi connectivity index (χ4n) is 3.57. The third-order valence-corrected chi connectivity index (χ3v) is 6.04. The van der Waals surface area contributed by atoms with Gasteiger partial charge in [-0.25, -0.2) is 13.4 Å². The van der Waals surface area contributed by atoms with Crippen LogP contribution in [0.2, 0.25) is 0 Å². The summed E-state index contributed by atoms with van der Waals surface area (Å²) in [6.07, 6.45) is 1.79. The number of benzene rings is 3. The van der Waals surface area contributed by atoms with Crippen molar-refractivity contribution >= 4 is 9.84 Å². The van der Waals surface area contributed by atoms with Gasteiger partial charge in [-0.05, 0) is 55.8 Å². The van der Waals surface area contributed by atoms with E-state index >= 15 is 0 Å². The van der Waals surface area contributed by atoms with Crippen LogP contribution in [0.3, 0.4) is 0 Å². The van der Waals surface area contributed by atoms with Crippen molar-refractivity contribution in [3.8, 4) is 22.6 Å². The Morgan fingerprint density at radius 3 is 2.07 bits per heavy atom. The smallest absolute Gasteiger partial charge is 0.199 e. The van der Waals surface area contributed by atoms with E-state index in [1.807, 2.05) is 30.3 Å². The number of hydrogen-bond donors (Lipinski definition) is 0. The monoisotopic (exact) mass is 417 g/mol. The van der Waals surface area contributed by atoms with E-state index in [1.165, 1.54) is 6.26 Å². The molecule has 0 bridgehead atoms. The molecule has 30 heavy (non-hydrogen) atoms. The maximum absolute atomic E-state index is 11.8. The fourth-order valence-corrected chi connectivity index (χ4v) is 4.20. The van der Waals surface area contributed by atoms with E-state index in [9.17, 15) is 8.42 Å². The van der Waals surface area contributed by atoms with Gasteiger partial charge >= 0.3 is 0 Å². The van der Waals surface area contributed by atoms with E-state index in [2.05, 4.69) is 32.0 Å². The zero-order valence-electron chi connectivity index (χ0n) is 17.2. The second-order valence-electron chi connectivity index (χ2n) is 7.62. The molecule has 0 aliphatic rings. The van der Waals surface area contributed by atoms with Gasteiger partial charge in [0.25, 0.3) is 0 Å². The third-order valence-electron chi connectivity index (χ3n) is 4.91. The van der Waals surface area contributed by atoms with Crippen LogP contribution in [0.5, 0.6) is 0 Å². The highest BCUT2D eigenvalue weighted by Crippen LogP contribution is 2.34. The lowest BCUT2D eigenvalue weighted by Crippen LogP contribution is -1.96. The van der Waals surface area contributed by atoms with Gasteiger partial charge in [-0.2, -0.15) is 0 Å². The third kappa shape index (κ3) is 4.36.